The topological polar surface area (TPSA) is 72.7 Å². The SMILES string of the molecule is O=C(NCC(F)(F)F)c1nnn(-c2ccc(Br)cc2)n1. The Kier molecular flexibility index (Phi) is 4.02. The molecule has 2 aromatic rings. The van der Waals surface area contributed by atoms with Crippen LogP contribution in [0.15, 0.2) is 28.7 Å². The molecular weight excluding hydrogens is 343 g/mol. The molecule has 0 aliphatic carbocycles. The zero-order chi connectivity index (χ0) is 14.8. The molecule has 20 heavy (non-hydrogen) atoms. The van der Waals surface area contributed by atoms with E-state index in [1.807, 2.05) is 0 Å². The van der Waals surface area contributed by atoms with Crippen molar-refractivity contribution in [1.82, 2.24) is 25.5 Å². The summed E-state index contributed by atoms with van der Waals surface area (Å²) in [7, 11) is 0. The Morgan fingerprint density at radius 2 is 1.95 bits per heavy atom. The number of hydrogen-bond donors (Lipinski definition) is 1. The largest absolute Gasteiger partial charge is 0.405 e. The highest BCUT2D eigenvalue weighted by molar-refractivity contribution is 9.10. The van der Waals surface area contributed by atoms with E-state index in [2.05, 4.69) is 31.3 Å². The van der Waals surface area contributed by atoms with E-state index in [-0.39, 0.29) is 0 Å². The number of halogens is 4. The maximum absolute atomic E-state index is 12.0. The van der Waals surface area contributed by atoms with Crippen molar-refractivity contribution in [3.8, 4) is 5.69 Å². The molecule has 1 amide bonds. The minimum absolute atomic E-state index is 0.433. The van der Waals surface area contributed by atoms with Crippen LogP contribution in [0, 0.1) is 0 Å². The molecule has 0 unspecified atom stereocenters. The Morgan fingerprint density at radius 1 is 1.30 bits per heavy atom. The van der Waals surface area contributed by atoms with Crippen molar-refractivity contribution in [2.24, 2.45) is 0 Å². The maximum atomic E-state index is 12.0. The summed E-state index contributed by atoms with van der Waals surface area (Å²) in [4.78, 5) is 12.4. The first kappa shape index (κ1) is 14.4. The molecule has 0 spiro atoms. The molecular formula is C10H7BrF3N5O. The lowest BCUT2D eigenvalue weighted by Gasteiger charge is -2.05. The number of benzene rings is 1. The van der Waals surface area contributed by atoms with Gasteiger partial charge in [0.15, 0.2) is 0 Å². The molecule has 2 rings (SSSR count). The van der Waals surface area contributed by atoms with E-state index in [1.54, 1.807) is 29.6 Å². The lowest BCUT2D eigenvalue weighted by molar-refractivity contribution is -0.123. The van der Waals surface area contributed by atoms with E-state index in [0.717, 1.165) is 9.27 Å². The number of nitrogens with one attached hydrogen (secondary N) is 1. The molecule has 1 aromatic heterocycles. The van der Waals surface area contributed by atoms with Crippen LogP contribution in [0.5, 0.6) is 0 Å². The molecule has 0 aliphatic rings. The highest BCUT2D eigenvalue weighted by Crippen LogP contribution is 2.13. The number of aromatic nitrogens is 4. The Labute approximate surface area is 119 Å². The second-order valence-corrected chi connectivity index (χ2v) is 4.59. The summed E-state index contributed by atoms with van der Waals surface area (Å²) in [6.45, 7) is -1.45. The molecule has 0 atom stereocenters. The lowest BCUT2D eigenvalue weighted by atomic mass is 10.3. The first-order chi connectivity index (χ1) is 9.35. The van der Waals surface area contributed by atoms with Crippen LogP contribution < -0.4 is 5.32 Å². The van der Waals surface area contributed by atoms with Gasteiger partial charge in [0.2, 0.25) is 0 Å². The summed E-state index contributed by atoms with van der Waals surface area (Å²) in [5.41, 5.74) is 0.524. The van der Waals surface area contributed by atoms with Gasteiger partial charge in [0.05, 0.1) is 5.69 Å². The first-order valence-electron chi connectivity index (χ1n) is 5.26. The fourth-order valence-electron chi connectivity index (χ4n) is 1.25. The van der Waals surface area contributed by atoms with Gasteiger partial charge in [-0.2, -0.15) is 13.2 Å². The minimum atomic E-state index is -4.49. The van der Waals surface area contributed by atoms with Crippen molar-refractivity contribution in [3.63, 3.8) is 0 Å². The van der Waals surface area contributed by atoms with Gasteiger partial charge in [-0.1, -0.05) is 15.9 Å². The molecule has 0 radical (unpaired) electrons. The molecule has 10 heteroatoms. The van der Waals surface area contributed by atoms with Gasteiger partial charge in [0.25, 0.3) is 11.7 Å². The van der Waals surface area contributed by atoms with Crippen LogP contribution in [0.3, 0.4) is 0 Å². The number of nitrogens with zero attached hydrogens (tertiary/aromatic N) is 4. The average Bonchev–Trinajstić information content (AvgIpc) is 2.85. The molecule has 0 saturated heterocycles. The van der Waals surface area contributed by atoms with Crippen molar-refractivity contribution in [1.29, 1.82) is 0 Å². The second-order valence-electron chi connectivity index (χ2n) is 3.68. The van der Waals surface area contributed by atoms with Crippen molar-refractivity contribution in [2.45, 2.75) is 6.18 Å². The van der Waals surface area contributed by atoms with Gasteiger partial charge in [0.1, 0.15) is 6.54 Å². The van der Waals surface area contributed by atoms with Crippen LogP contribution in [0.25, 0.3) is 5.69 Å². The standard InChI is InChI=1S/C10H7BrF3N5O/c11-6-1-3-7(4-2-6)19-17-8(16-18-19)9(20)15-5-10(12,13)14/h1-4H,5H2,(H,15,20). The summed E-state index contributed by atoms with van der Waals surface area (Å²) >= 11 is 3.25. The van der Waals surface area contributed by atoms with Gasteiger partial charge in [-0.15, -0.1) is 15.0 Å². The zero-order valence-corrected chi connectivity index (χ0v) is 11.3. The predicted molar refractivity (Wildman–Crippen MR) is 65.2 cm³/mol. The number of tetrazole rings is 1. The highest BCUT2D eigenvalue weighted by atomic mass is 79.9. The van der Waals surface area contributed by atoms with Crippen LogP contribution in [0.4, 0.5) is 13.2 Å². The smallest absolute Gasteiger partial charge is 0.340 e. The lowest BCUT2D eigenvalue weighted by Crippen LogP contribution is -2.34. The van der Waals surface area contributed by atoms with Crippen molar-refractivity contribution < 1.29 is 18.0 Å². The van der Waals surface area contributed by atoms with Crippen LogP contribution in [0.1, 0.15) is 10.6 Å². The average molecular weight is 350 g/mol. The van der Waals surface area contributed by atoms with Crippen LogP contribution in [-0.2, 0) is 0 Å². The number of carbonyl (C=O) groups is 1. The molecule has 0 saturated carbocycles. The van der Waals surface area contributed by atoms with Crippen LogP contribution >= 0.6 is 15.9 Å². The van der Waals surface area contributed by atoms with Gasteiger partial charge in [-0.25, -0.2) is 0 Å². The van der Waals surface area contributed by atoms with E-state index in [0.29, 0.717) is 5.69 Å². The summed E-state index contributed by atoms with van der Waals surface area (Å²) in [6, 6.07) is 6.76. The molecule has 0 fully saturated rings. The van der Waals surface area contributed by atoms with Gasteiger partial charge in [0, 0.05) is 4.47 Å². The van der Waals surface area contributed by atoms with Crippen LogP contribution in [0.2, 0.25) is 0 Å². The number of alkyl halides is 3. The van der Waals surface area contributed by atoms with Gasteiger partial charge < -0.3 is 5.32 Å². The molecule has 0 aliphatic heterocycles. The quantitative estimate of drug-likeness (QED) is 0.915. The Hall–Kier alpha value is -1.97. The van der Waals surface area contributed by atoms with E-state index < -0.39 is 24.5 Å². The molecule has 1 aromatic carbocycles. The molecule has 1 heterocycles. The Balaban J connectivity index is 2.09. The van der Waals surface area contributed by atoms with E-state index in [4.69, 9.17) is 0 Å². The summed E-state index contributed by atoms with van der Waals surface area (Å²) in [6.07, 6.45) is -4.49. The Morgan fingerprint density at radius 3 is 2.55 bits per heavy atom. The fourth-order valence-corrected chi connectivity index (χ4v) is 1.51. The first-order valence-corrected chi connectivity index (χ1v) is 6.05. The van der Waals surface area contributed by atoms with Gasteiger partial charge in [-0.3, -0.25) is 4.79 Å². The molecule has 6 nitrogen and oxygen atoms in total. The third-order valence-corrected chi connectivity index (χ3v) is 2.65. The predicted octanol–water partition coefficient (Wildman–Crippen LogP) is 1.72. The highest BCUT2D eigenvalue weighted by Gasteiger charge is 2.28. The number of amides is 1. The van der Waals surface area contributed by atoms with Crippen molar-refractivity contribution in [2.75, 3.05) is 6.54 Å². The third kappa shape index (κ3) is 3.76. The third-order valence-electron chi connectivity index (χ3n) is 2.12. The number of hydrogen-bond acceptors (Lipinski definition) is 4. The minimum Gasteiger partial charge on any atom is -0.340 e. The normalized spacial score (nSPS) is 11.4. The van der Waals surface area contributed by atoms with Gasteiger partial charge >= 0.3 is 6.18 Å². The van der Waals surface area contributed by atoms with Crippen molar-refractivity contribution in [3.05, 3.63) is 34.6 Å². The second kappa shape index (κ2) is 5.57. The summed E-state index contributed by atoms with van der Waals surface area (Å²) in [5, 5.41) is 12.4. The number of carbonyl (C=O) groups excluding carboxylic acids is 1. The van der Waals surface area contributed by atoms with Gasteiger partial charge in [-0.05, 0) is 29.5 Å². The van der Waals surface area contributed by atoms with E-state index in [9.17, 15) is 18.0 Å². The molecule has 1 N–H and O–H groups in total. The summed E-state index contributed by atoms with van der Waals surface area (Å²) < 4.78 is 36.7. The van der Waals surface area contributed by atoms with Crippen molar-refractivity contribution >= 4 is 21.8 Å². The molecule has 106 valence electrons. The Bertz CT molecular complexity index is 610. The van der Waals surface area contributed by atoms with E-state index in [1.165, 1.54) is 0 Å². The monoisotopic (exact) mass is 349 g/mol. The van der Waals surface area contributed by atoms with E-state index >= 15 is 0 Å². The van der Waals surface area contributed by atoms with Crippen LogP contribution in [-0.4, -0.2) is 38.8 Å². The zero-order valence-electron chi connectivity index (χ0n) is 9.73. The fraction of sp³-hybridized carbons (Fsp3) is 0.200. The maximum Gasteiger partial charge on any atom is 0.405 e. The number of rotatable bonds is 3. The molecule has 0 bridgehead atoms. The summed E-state index contributed by atoms with van der Waals surface area (Å²) in [5.74, 6) is -1.47.